The van der Waals surface area contributed by atoms with Gasteiger partial charge >= 0.3 is 6.03 Å². The van der Waals surface area contributed by atoms with Crippen LogP contribution in [0.25, 0.3) is 0 Å². The number of carbonyl (C=O) groups excluding carboxylic acids is 3. The SMILES string of the molecule is CNC(=O)NC(=O)C(C)Oc1cc2c(cc1C=O)OCO2. The van der Waals surface area contributed by atoms with E-state index in [1.165, 1.54) is 26.1 Å². The highest BCUT2D eigenvalue weighted by Gasteiger charge is 2.22. The first-order valence-corrected chi connectivity index (χ1v) is 6.13. The zero-order valence-electron chi connectivity index (χ0n) is 11.5. The zero-order chi connectivity index (χ0) is 15.4. The fourth-order valence-electron chi connectivity index (χ4n) is 1.65. The van der Waals surface area contributed by atoms with Crippen molar-refractivity contribution in [3.8, 4) is 17.2 Å². The van der Waals surface area contributed by atoms with E-state index < -0.39 is 18.0 Å². The number of nitrogens with one attached hydrogen (secondary N) is 2. The lowest BCUT2D eigenvalue weighted by Crippen LogP contribution is -2.44. The third-order valence-corrected chi connectivity index (χ3v) is 2.77. The summed E-state index contributed by atoms with van der Waals surface area (Å²) in [4.78, 5) is 33.8. The molecule has 1 aliphatic heterocycles. The quantitative estimate of drug-likeness (QED) is 0.782. The molecule has 0 bridgehead atoms. The number of ether oxygens (including phenoxy) is 3. The molecule has 0 aliphatic carbocycles. The molecule has 8 heteroatoms. The molecule has 0 aromatic heterocycles. The smallest absolute Gasteiger partial charge is 0.321 e. The lowest BCUT2D eigenvalue weighted by molar-refractivity contribution is -0.126. The van der Waals surface area contributed by atoms with Gasteiger partial charge in [0.2, 0.25) is 6.79 Å². The maximum Gasteiger partial charge on any atom is 0.321 e. The zero-order valence-corrected chi connectivity index (χ0v) is 11.5. The molecular weight excluding hydrogens is 280 g/mol. The predicted molar refractivity (Wildman–Crippen MR) is 70.6 cm³/mol. The number of hydrogen-bond donors (Lipinski definition) is 2. The van der Waals surface area contributed by atoms with Gasteiger partial charge in [-0.2, -0.15) is 0 Å². The molecule has 1 aromatic rings. The van der Waals surface area contributed by atoms with E-state index in [0.29, 0.717) is 17.8 Å². The molecule has 2 N–H and O–H groups in total. The minimum Gasteiger partial charge on any atom is -0.480 e. The van der Waals surface area contributed by atoms with Crippen molar-refractivity contribution in [2.75, 3.05) is 13.8 Å². The van der Waals surface area contributed by atoms with Crippen molar-refractivity contribution in [2.24, 2.45) is 0 Å². The maximum atomic E-state index is 11.7. The van der Waals surface area contributed by atoms with Gasteiger partial charge in [0.25, 0.3) is 5.91 Å². The highest BCUT2D eigenvalue weighted by Crippen LogP contribution is 2.37. The Balaban J connectivity index is 2.13. The van der Waals surface area contributed by atoms with Crippen molar-refractivity contribution < 1.29 is 28.6 Å². The first kappa shape index (κ1) is 14.6. The van der Waals surface area contributed by atoms with Gasteiger partial charge in [-0.05, 0) is 13.0 Å². The number of carbonyl (C=O) groups is 3. The molecule has 21 heavy (non-hydrogen) atoms. The highest BCUT2D eigenvalue weighted by atomic mass is 16.7. The van der Waals surface area contributed by atoms with Gasteiger partial charge in [0.05, 0.1) is 5.56 Å². The van der Waals surface area contributed by atoms with Crippen LogP contribution < -0.4 is 24.8 Å². The molecule has 1 unspecified atom stereocenters. The lowest BCUT2D eigenvalue weighted by atomic mass is 10.2. The number of aldehydes is 1. The molecule has 0 saturated carbocycles. The molecule has 8 nitrogen and oxygen atoms in total. The van der Waals surface area contributed by atoms with Crippen LogP contribution in [-0.4, -0.2) is 38.2 Å². The second-order valence-electron chi connectivity index (χ2n) is 4.19. The number of urea groups is 1. The maximum absolute atomic E-state index is 11.7. The summed E-state index contributed by atoms with van der Waals surface area (Å²) in [5.74, 6) is 0.402. The third kappa shape index (κ3) is 3.22. The first-order chi connectivity index (χ1) is 10.0. The van der Waals surface area contributed by atoms with Gasteiger partial charge in [0.15, 0.2) is 23.9 Å². The van der Waals surface area contributed by atoms with E-state index in [4.69, 9.17) is 14.2 Å². The third-order valence-electron chi connectivity index (χ3n) is 2.77. The van der Waals surface area contributed by atoms with Crippen molar-refractivity contribution in [3.05, 3.63) is 17.7 Å². The van der Waals surface area contributed by atoms with E-state index in [0.717, 1.165) is 0 Å². The monoisotopic (exact) mass is 294 g/mol. The molecule has 1 aromatic carbocycles. The average Bonchev–Trinajstić information content (AvgIpc) is 2.93. The molecule has 112 valence electrons. The lowest BCUT2D eigenvalue weighted by Gasteiger charge is -2.15. The Bertz CT molecular complexity index is 586. The molecule has 0 spiro atoms. The van der Waals surface area contributed by atoms with Crippen molar-refractivity contribution in [1.82, 2.24) is 10.6 Å². The number of fused-ring (bicyclic) bond motifs is 1. The van der Waals surface area contributed by atoms with Crippen molar-refractivity contribution in [1.29, 1.82) is 0 Å². The van der Waals surface area contributed by atoms with Crippen molar-refractivity contribution >= 4 is 18.2 Å². The van der Waals surface area contributed by atoms with Crippen LogP contribution in [0.5, 0.6) is 17.2 Å². The predicted octanol–water partition coefficient (Wildman–Crippen LogP) is 0.451. The Kier molecular flexibility index (Phi) is 4.27. The Morgan fingerprint density at radius 1 is 1.33 bits per heavy atom. The molecule has 1 heterocycles. The average molecular weight is 294 g/mol. The second kappa shape index (κ2) is 6.12. The van der Waals surface area contributed by atoms with E-state index in [2.05, 4.69) is 10.6 Å². The Morgan fingerprint density at radius 2 is 2.00 bits per heavy atom. The molecule has 1 aliphatic rings. The standard InChI is InChI=1S/C13H14N2O6/c1-7(12(17)15-13(18)14-2)21-9-4-11-10(19-6-20-11)3-8(9)5-16/h3-5,7H,6H2,1-2H3,(H2,14,15,17,18). The molecule has 3 amide bonds. The van der Waals surface area contributed by atoms with Crippen LogP contribution in [0.1, 0.15) is 17.3 Å². The molecule has 0 fully saturated rings. The summed E-state index contributed by atoms with van der Waals surface area (Å²) >= 11 is 0. The van der Waals surface area contributed by atoms with Gasteiger partial charge in [-0.3, -0.25) is 14.9 Å². The van der Waals surface area contributed by atoms with Gasteiger partial charge < -0.3 is 19.5 Å². The molecule has 1 atom stereocenters. The molecule has 0 saturated heterocycles. The fraction of sp³-hybridized carbons (Fsp3) is 0.308. The summed E-state index contributed by atoms with van der Waals surface area (Å²) in [6, 6.07) is 2.29. The largest absolute Gasteiger partial charge is 0.480 e. The van der Waals surface area contributed by atoms with Gasteiger partial charge in [-0.25, -0.2) is 4.79 Å². The summed E-state index contributed by atoms with van der Waals surface area (Å²) in [7, 11) is 1.39. The topological polar surface area (TPSA) is 103 Å². The molecule has 0 radical (unpaired) electrons. The number of imide groups is 1. The number of rotatable bonds is 4. The van der Waals surface area contributed by atoms with Crippen LogP contribution in [-0.2, 0) is 4.79 Å². The van der Waals surface area contributed by atoms with Crippen LogP contribution in [0.2, 0.25) is 0 Å². The van der Waals surface area contributed by atoms with Crippen LogP contribution >= 0.6 is 0 Å². The Labute approximate surface area is 120 Å². The number of hydrogen-bond acceptors (Lipinski definition) is 6. The van der Waals surface area contributed by atoms with Crippen LogP contribution in [0.15, 0.2) is 12.1 Å². The normalized spacial score (nSPS) is 13.2. The minimum absolute atomic E-state index is 0.0593. The summed E-state index contributed by atoms with van der Waals surface area (Å²) in [5, 5.41) is 4.33. The van der Waals surface area contributed by atoms with Gasteiger partial charge in [0, 0.05) is 13.1 Å². The van der Waals surface area contributed by atoms with Crippen molar-refractivity contribution in [2.45, 2.75) is 13.0 Å². The second-order valence-corrected chi connectivity index (χ2v) is 4.19. The van der Waals surface area contributed by atoms with Crippen molar-refractivity contribution in [3.63, 3.8) is 0 Å². The van der Waals surface area contributed by atoms with Gasteiger partial charge in [-0.1, -0.05) is 0 Å². The van der Waals surface area contributed by atoms with E-state index in [1.807, 2.05) is 0 Å². The summed E-state index contributed by atoms with van der Waals surface area (Å²) in [5.41, 5.74) is 0.221. The van der Waals surface area contributed by atoms with Gasteiger partial charge in [-0.15, -0.1) is 0 Å². The molecular formula is C13H14N2O6. The van der Waals surface area contributed by atoms with Crippen LogP contribution in [0.3, 0.4) is 0 Å². The first-order valence-electron chi connectivity index (χ1n) is 6.13. The molecule has 2 rings (SSSR count). The highest BCUT2D eigenvalue weighted by molar-refractivity contribution is 5.96. The van der Waals surface area contributed by atoms with Gasteiger partial charge in [0.1, 0.15) is 5.75 Å². The number of amides is 3. The van der Waals surface area contributed by atoms with E-state index in [9.17, 15) is 14.4 Å². The Hall–Kier alpha value is -2.77. The number of benzene rings is 1. The Morgan fingerprint density at radius 3 is 2.62 bits per heavy atom. The fourth-order valence-corrected chi connectivity index (χ4v) is 1.65. The minimum atomic E-state index is -0.971. The van der Waals surface area contributed by atoms with Crippen LogP contribution in [0.4, 0.5) is 4.79 Å². The van der Waals surface area contributed by atoms with E-state index in [-0.39, 0.29) is 18.1 Å². The summed E-state index contributed by atoms with van der Waals surface area (Å²) < 4.78 is 15.7. The summed E-state index contributed by atoms with van der Waals surface area (Å²) in [6.07, 6.45) is -0.387. The van der Waals surface area contributed by atoms with E-state index >= 15 is 0 Å². The van der Waals surface area contributed by atoms with E-state index in [1.54, 1.807) is 0 Å². The van der Waals surface area contributed by atoms with Crippen LogP contribution in [0, 0.1) is 0 Å². The summed E-state index contributed by atoms with van der Waals surface area (Å²) in [6.45, 7) is 1.52.